The molecule has 0 fully saturated rings. The number of nitrogens with one attached hydrogen (secondary N) is 1. The van der Waals surface area contributed by atoms with Crippen LogP contribution in [0.4, 0.5) is 5.13 Å². The van der Waals surface area contributed by atoms with E-state index in [1.54, 1.807) is 28.9 Å². The van der Waals surface area contributed by atoms with Crippen molar-refractivity contribution in [1.82, 2.24) is 14.8 Å². The quantitative estimate of drug-likeness (QED) is 0.764. The lowest BCUT2D eigenvalue weighted by Crippen LogP contribution is -2.18. The van der Waals surface area contributed by atoms with Crippen molar-refractivity contribution in [1.29, 1.82) is 0 Å². The van der Waals surface area contributed by atoms with Crippen molar-refractivity contribution in [2.24, 2.45) is 0 Å². The van der Waals surface area contributed by atoms with Gasteiger partial charge in [0, 0.05) is 23.9 Å². The van der Waals surface area contributed by atoms with Crippen molar-refractivity contribution in [3.05, 3.63) is 41.4 Å². The summed E-state index contributed by atoms with van der Waals surface area (Å²) >= 11 is 1.34. The molecule has 1 aromatic carbocycles. The van der Waals surface area contributed by atoms with Gasteiger partial charge in [-0.25, -0.2) is 9.67 Å². The number of hydrogen-bond donors (Lipinski definition) is 2. The van der Waals surface area contributed by atoms with Crippen molar-refractivity contribution in [3.63, 3.8) is 0 Å². The number of phenolic OH excluding ortho intramolecular Hbond substituents is 1. The summed E-state index contributed by atoms with van der Waals surface area (Å²) < 4.78 is 7.23. The number of fused-ring (bicyclic) bond motifs is 1. The van der Waals surface area contributed by atoms with Gasteiger partial charge < -0.3 is 9.84 Å². The Bertz CT molecular complexity index is 885. The number of carbonyl (C=O) groups is 1. The molecule has 0 unspecified atom stereocenters. The molecule has 8 heteroatoms. The SMILES string of the molecule is O=C(Nc1nc(-c2ccc(O)cc2)cs1)c1cnn2c1OCCC2. The Morgan fingerprint density at radius 3 is 3.00 bits per heavy atom. The number of ether oxygens (including phenoxy) is 1. The largest absolute Gasteiger partial charge is 0.508 e. The third kappa shape index (κ3) is 2.71. The summed E-state index contributed by atoms with van der Waals surface area (Å²) in [5, 5.41) is 18.6. The Kier molecular flexibility index (Phi) is 3.66. The molecule has 1 aliphatic rings. The van der Waals surface area contributed by atoms with E-state index in [1.165, 1.54) is 17.5 Å². The van der Waals surface area contributed by atoms with Crippen LogP contribution in [0, 0.1) is 0 Å². The summed E-state index contributed by atoms with van der Waals surface area (Å²) in [4.78, 5) is 16.8. The van der Waals surface area contributed by atoms with Gasteiger partial charge in [0.25, 0.3) is 5.91 Å². The van der Waals surface area contributed by atoms with E-state index >= 15 is 0 Å². The summed E-state index contributed by atoms with van der Waals surface area (Å²) in [6.45, 7) is 1.35. The van der Waals surface area contributed by atoms with E-state index in [0.717, 1.165) is 24.2 Å². The number of nitrogens with zero attached hydrogens (tertiary/aromatic N) is 3. The molecule has 0 saturated carbocycles. The lowest BCUT2D eigenvalue weighted by atomic mass is 10.2. The van der Waals surface area contributed by atoms with E-state index in [4.69, 9.17) is 4.74 Å². The molecule has 1 amide bonds. The predicted molar refractivity (Wildman–Crippen MR) is 89.5 cm³/mol. The van der Waals surface area contributed by atoms with Crippen LogP contribution in [0.5, 0.6) is 11.6 Å². The summed E-state index contributed by atoms with van der Waals surface area (Å²) in [6, 6.07) is 6.75. The second kappa shape index (κ2) is 5.97. The first-order valence-corrected chi connectivity index (χ1v) is 8.33. The summed E-state index contributed by atoms with van der Waals surface area (Å²) in [6.07, 6.45) is 2.41. The first-order chi connectivity index (χ1) is 11.7. The predicted octanol–water partition coefficient (Wildman–Crippen LogP) is 2.75. The number of rotatable bonds is 3. The fourth-order valence-electron chi connectivity index (χ4n) is 2.48. The standard InChI is InChI=1S/C16H14N4O3S/c21-11-4-2-10(3-5-11)13-9-24-16(18-13)19-14(22)12-8-17-20-6-1-7-23-15(12)20/h2-5,8-9,21H,1,6-7H2,(H,18,19,22). The molecule has 7 nitrogen and oxygen atoms in total. The van der Waals surface area contributed by atoms with Gasteiger partial charge in [-0.2, -0.15) is 5.10 Å². The second-order valence-electron chi connectivity index (χ2n) is 5.33. The van der Waals surface area contributed by atoms with Crippen molar-refractivity contribution >= 4 is 22.4 Å². The van der Waals surface area contributed by atoms with E-state index in [9.17, 15) is 9.90 Å². The van der Waals surface area contributed by atoms with Crippen LogP contribution in [0.2, 0.25) is 0 Å². The Morgan fingerprint density at radius 1 is 1.33 bits per heavy atom. The maximum Gasteiger partial charge on any atom is 0.264 e. The molecule has 2 aromatic heterocycles. The van der Waals surface area contributed by atoms with Crippen molar-refractivity contribution in [2.45, 2.75) is 13.0 Å². The number of thiazole rings is 1. The molecule has 1 aliphatic heterocycles. The topological polar surface area (TPSA) is 89.3 Å². The summed E-state index contributed by atoms with van der Waals surface area (Å²) in [5.41, 5.74) is 2.02. The van der Waals surface area contributed by atoms with Crippen LogP contribution in [0.1, 0.15) is 16.8 Å². The number of anilines is 1. The molecular weight excluding hydrogens is 328 g/mol. The van der Waals surface area contributed by atoms with Crippen LogP contribution in [0.25, 0.3) is 11.3 Å². The minimum atomic E-state index is -0.287. The van der Waals surface area contributed by atoms with E-state index in [0.29, 0.717) is 23.2 Å². The van der Waals surface area contributed by atoms with Gasteiger partial charge in [0.05, 0.1) is 18.5 Å². The molecule has 0 aliphatic carbocycles. The molecule has 3 heterocycles. The fraction of sp³-hybridized carbons (Fsp3) is 0.188. The average Bonchev–Trinajstić information content (AvgIpc) is 3.22. The molecule has 122 valence electrons. The van der Waals surface area contributed by atoms with Crippen molar-refractivity contribution in [2.75, 3.05) is 11.9 Å². The molecule has 0 spiro atoms. The fourth-order valence-corrected chi connectivity index (χ4v) is 3.20. The maximum atomic E-state index is 12.4. The first kappa shape index (κ1) is 14.7. The Hall–Kier alpha value is -2.87. The number of phenols is 1. The van der Waals surface area contributed by atoms with E-state index < -0.39 is 0 Å². The van der Waals surface area contributed by atoms with Gasteiger partial charge >= 0.3 is 0 Å². The number of carbonyl (C=O) groups excluding carboxylic acids is 1. The van der Waals surface area contributed by atoms with Crippen molar-refractivity contribution < 1.29 is 14.6 Å². The number of benzene rings is 1. The van der Waals surface area contributed by atoms with Gasteiger partial charge in [-0.3, -0.25) is 10.1 Å². The minimum absolute atomic E-state index is 0.202. The molecule has 0 atom stereocenters. The van der Waals surface area contributed by atoms with Gasteiger partial charge in [-0.1, -0.05) is 0 Å². The summed E-state index contributed by atoms with van der Waals surface area (Å²) in [5.74, 6) is 0.423. The van der Waals surface area contributed by atoms with Crippen LogP contribution in [0.15, 0.2) is 35.8 Å². The third-order valence-corrected chi connectivity index (χ3v) is 4.43. The van der Waals surface area contributed by atoms with Gasteiger partial charge in [0.1, 0.15) is 11.3 Å². The van der Waals surface area contributed by atoms with Crippen LogP contribution < -0.4 is 10.1 Å². The zero-order chi connectivity index (χ0) is 16.5. The van der Waals surface area contributed by atoms with Gasteiger partial charge in [-0.05, 0) is 24.3 Å². The average molecular weight is 342 g/mol. The minimum Gasteiger partial charge on any atom is -0.508 e. The Morgan fingerprint density at radius 2 is 2.17 bits per heavy atom. The second-order valence-corrected chi connectivity index (χ2v) is 6.19. The number of aromatic hydroxyl groups is 1. The highest BCUT2D eigenvalue weighted by molar-refractivity contribution is 7.14. The zero-order valence-electron chi connectivity index (χ0n) is 12.6. The van der Waals surface area contributed by atoms with Gasteiger partial charge in [-0.15, -0.1) is 11.3 Å². The number of aromatic nitrogens is 3. The van der Waals surface area contributed by atoms with E-state index in [1.807, 2.05) is 5.38 Å². The molecule has 4 rings (SSSR count). The number of hydrogen-bond acceptors (Lipinski definition) is 6. The van der Waals surface area contributed by atoms with Gasteiger partial charge in [0.15, 0.2) is 5.13 Å². The number of aryl methyl sites for hydroxylation is 1. The molecular formula is C16H14N4O3S. The third-order valence-electron chi connectivity index (χ3n) is 3.68. The highest BCUT2D eigenvalue weighted by atomic mass is 32.1. The van der Waals surface area contributed by atoms with Crippen molar-refractivity contribution in [3.8, 4) is 22.9 Å². The molecule has 0 radical (unpaired) electrons. The lowest BCUT2D eigenvalue weighted by Gasteiger charge is -2.15. The highest BCUT2D eigenvalue weighted by Gasteiger charge is 2.22. The van der Waals surface area contributed by atoms with Crippen LogP contribution in [0.3, 0.4) is 0 Å². The lowest BCUT2D eigenvalue weighted by molar-refractivity contribution is 0.102. The number of amides is 1. The normalized spacial score (nSPS) is 13.2. The Balaban J connectivity index is 1.52. The molecule has 0 saturated heterocycles. The molecule has 0 bridgehead atoms. The molecule has 2 N–H and O–H groups in total. The maximum absolute atomic E-state index is 12.4. The smallest absolute Gasteiger partial charge is 0.264 e. The summed E-state index contributed by atoms with van der Waals surface area (Å²) in [7, 11) is 0. The van der Waals surface area contributed by atoms with Crippen LogP contribution in [-0.2, 0) is 6.54 Å². The highest BCUT2D eigenvalue weighted by Crippen LogP contribution is 2.28. The molecule has 3 aromatic rings. The Labute approximate surface area is 141 Å². The van der Waals surface area contributed by atoms with E-state index in [-0.39, 0.29) is 11.7 Å². The van der Waals surface area contributed by atoms with Gasteiger partial charge in [0.2, 0.25) is 5.88 Å². The zero-order valence-corrected chi connectivity index (χ0v) is 13.4. The monoisotopic (exact) mass is 342 g/mol. The van der Waals surface area contributed by atoms with Crippen LogP contribution in [-0.4, -0.2) is 32.4 Å². The van der Waals surface area contributed by atoms with Crippen LogP contribution >= 0.6 is 11.3 Å². The molecule has 24 heavy (non-hydrogen) atoms. The first-order valence-electron chi connectivity index (χ1n) is 7.45. The van der Waals surface area contributed by atoms with E-state index in [2.05, 4.69) is 15.4 Å².